The molecule has 0 bridgehead atoms. The Labute approximate surface area is 78.8 Å². The van der Waals surface area contributed by atoms with Gasteiger partial charge in [-0.3, -0.25) is 4.99 Å². The Balaban J connectivity index is 2.32. The summed E-state index contributed by atoms with van der Waals surface area (Å²) < 4.78 is 0. The molecule has 1 aliphatic heterocycles. The van der Waals surface area contributed by atoms with E-state index < -0.39 is 0 Å². The molecule has 2 heteroatoms. The smallest absolute Gasteiger partial charge is 0.0428 e. The molecule has 0 spiro atoms. The van der Waals surface area contributed by atoms with Crippen molar-refractivity contribution < 1.29 is 0 Å². The largest absolute Gasteiger partial charge is 0.360 e. The Bertz CT molecular complexity index is 330. The molecule has 1 aliphatic carbocycles. The summed E-state index contributed by atoms with van der Waals surface area (Å²) >= 11 is 0. The first-order valence-electron chi connectivity index (χ1n) is 4.54. The van der Waals surface area contributed by atoms with Crippen molar-refractivity contribution in [1.82, 2.24) is 5.32 Å². The number of aliphatic imine (C=N–C) groups is 1. The van der Waals surface area contributed by atoms with E-state index in [9.17, 15) is 0 Å². The Morgan fingerprint density at radius 2 is 2.31 bits per heavy atom. The van der Waals surface area contributed by atoms with E-state index in [1.54, 1.807) is 6.20 Å². The maximum absolute atomic E-state index is 4.16. The van der Waals surface area contributed by atoms with Gasteiger partial charge in [-0.15, -0.1) is 0 Å². The molecular formula is C11H14N2. The molecule has 0 amide bonds. The summed E-state index contributed by atoms with van der Waals surface area (Å²) in [6, 6.07) is 0. The molecule has 1 N–H and O–H groups in total. The predicted molar refractivity (Wildman–Crippen MR) is 55.3 cm³/mol. The molecule has 2 nitrogen and oxygen atoms in total. The van der Waals surface area contributed by atoms with E-state index in [4.69, 9.17) is 0 Å². The van der Waals surface area contributed by atoms with Crippen molar-refractivity contribution in [3.63, 3.8) is 0 Å². The first-order valence-corrected chi connectivity index (χ1v) is 4.54. The van der Waals surface area contributed by atoms with Gasteiger partial charge in [0.15, 0.2) is 0 Å². The lowest BCUT2D eigenvalue weighted by molar-refractivity contribution is 0.474. The van der Waals surface area contributed by atoms with Crippen molar-refractivity contribution in [3.05, 3.63) is 35.8 Å². The summed E-state index contributed by atoms with van der Waals surface area (Å²) in [5, 5.41) is 3.21. The quantitative estimate of drug-likeness (QED) is 0.599. The van der Waals surface area contributed by atoms with Crippen LogP contribution < -0.4 is 5.32 Å². The molecule has 0 saturated carbocycles. The average molecular weight is 174 g/mol. The van der Waals surface area contributed by atoms with Crippen LogP contribution in [0.3, 0.4) is 0 Å². The van der Waals surface area contributed by atoms with Crippen LogP contribution >= 0.6 is 0 Å². The molecule has 0 aromatic rings. The summed E-state index contributed by atoms with van der Waals surface area (Å²) in [5.74, 6) is 0. The van der Waals surface area contributed by atoms with Crippen molar-refractivity contribution in [2.24, 2.45) is 10.4 Å². The van der Waals surface area contributed by atoms with Gasteiger partial charge in [-0.25, -0.2) is 0 Å². The van der Waals surface area contributed by atoms with E-state index in [2.05, 4.69) is 36.3 Å². The van der Waals surface area contributed by atoms with Crippen LogP contribution in [0.2, 0.25) is 0 Å². The van der Waals surface area contributed by atoms with Crippen molar-refractivity contribution in [1.29, 1.82) is 0 Å². The Kier molecular flexibility index (Phi) is 1.83. The lowest BCUT2D eigenvalue weighted by Gasteiger charge is -2.25. The summed E-state index contributed by atoms with van der Waals surface area (Å²) in [6.07, 6.45) is 11.0. The zero-order chi connectivity index (χ0) is 9.31. The molecule has 2 aliphatic rings. The average Bonchev–Trinajstić information content (AvgIpc) is 2.27. The fraction of sp³-hybridized carbons (Fsp3) is 0.364. The van der Waals surface area contributed by atoms with Gasteiger partial charge < -0.3 is 5.32 Å². The van der Waals surface area contributed by atoms with Crippen LogP contribution in [0.15, 0.2) is 40.8 Å². The molecule has 0 unspecified atom stereocenters. The molecule has 0 aromatic carbocycles. The molecule has 0 aromatic heterocycles. The highest BCUT2D eigenvalue weighted by Gasteiger charge is 2.21. The van der Waals surface area contributed by atoms with E-state index in [1.807, 2.05) is 12.4 Å². The number of hydrogen-bond donors (Lipinski definition) is 1. The minimum absolute atomic E-state index is 0.261. The molecule has 0 atom stereocenters. The van der Waals surface area contributed by atoms with Gasteiger partial charge in [0.2, 0.25) is 0 Å². The van der Waals surface area contributed by atoms with Gasteiger partial charge in [-0.05, 0) is 23.5 Å². The molecule has 2 rings (SSSR count). The van der Waals surface area contributed by atoms with Gasteiger partial charge in [0.25, 0.3) is 0 Å². The van der Waals surface area contributed by atoms with Crippen LogP contribution in [-0.4, -0.2) is 6.21 Å². The van der Waals surface area contributed by atoms with Crippen molar-refractivity contribution >= 4 is 6.21 Å². The topological polar surface area (TPSA) is 24.4 Å². The highest BCUT2D eigenvalue weighted by atomic mass is 14.9. The van der Waals surface area contributed by atoms with Crippen LogP contribution in [0.25, 0.3) is 0 Å². The van der Waals surface area contributed by atoms with Crippen LogP contribution in [0.4, 0.5) is 0 Å². The number of allylic oxidation sites excluding steroid dienone is 3. The van der Waals surface area contributed by atoms with Gasteiger partial charge >= 0.3 is 0 Å². The SMILES string of the molecule is CC1(C)C=CC2=C(C=NC=CN2)C1. The normalized spacial score (nSPS) is 23.8. The fourth-order valence-electron chi connectivity index (χ4n) is 1.62. The summed E-state index contributed by atoms with van der Waals surface area (Å²) in [7, 11) is 0. The fourth-order valence-corrected chi connectivity index (χ4v) is 1.62. The third kappa shape index (κ3) is 1.72. The van der Waals surface area contributed by atoms with E-state index in [0.29, 0.717) is 0 Å². The minimum atomic E-state index is 0.261. The minimum Gasteiger partial charge on any atom is -0.360 e. The highest BCUT2D eigenvalue weighted by Crippen LogP contribution is 2.32. The maximum Gasteiger partial charge on any atom is 0.0428 e. The molecule has 0 fully saturated rings. The van der Waals surface area contributed by atoms with Gasteiger partial charge in [0, 0.05) is 24.3 Å². The van der Waals surface area contributed by atoms with Crippen LogP contribution in [0, 0.1) is 5.41 Å². The second-order valence-corrected chi connectivity index (χ2v) is 4.18. The number of nitrogens with one attached hydrogen (secondary N) is 1. The zero-order valence-corrected chi connectivity index (χ0v) is 8.04. The molecular weight excluding hydrogens is 160 g/mol. The molecule has 0 radical (unpaired) electrons. The Morgan fingerprint density at radius 1 is 1.46 bits per heavy atom. The van der Waals surface area contributed by atoms with E-state index in [-0.39, 0.29) is 5.41 Å². The van der Waals surface area contributed by atoms with Crippen molar-refractivity contribution in [3.8, 4) is 0 Å². The second kappa shape index (κ2) is 2.87. The third-order valence-corrected chi connectivity index (χ3v) is 2.32. The first kappa shape index (κ1) is 8.30. The van der Waals surface area contributed by atoms with Gasteiger partial charge in [-0.2, -0.15) is 0 Å². The lowest BCUT2D eigenvalue weighted by atomic mass is 9.81. The van der Waals surface area contributed by atoms with Crippen LogP contribution in [0.1, 0.15) is 20.3 Å². The molecule has 0 saturated heterocycles. The van der Waals surface area contributed by atoms with E-state index in [0.717, 1.165) is 6.42 Å². The van der Waals surface area contributed by atoms with Gasteiger partial charge in [-0.1, -0.05) is 19.9 Å². The summed E-state index contributed by atoms with van der Waals surface area (Å²) in [6.45, 7) is 4.47. The standard InChI is InChI=1S/C11H14N2/c1-11(2)4-3-10-9(7-11)8-12-5-6-13-10/h3-6,8,13H,7H2,1-2H3. The van der Waals surface area contributed by atoms with E-state index in [1.165, 1.54) is 11.3 Å². The van der Waals surface area contributed by atoms with Gasteiger partial charge in [0.05, 0.1) is 0 Å². The number of rotatable bonds is 0. The Morgan fingerprint density at radius 3 is 3.15 bits per heavy atom. The highest BCUT2D eigenvalue weighted by molar-refractivity contribution is 5.82. The van der Waals surface area contributed by atoms with Crippen molar-refractivity contribution in [2.75, 3.05) is 0 Å². The predicted octanol–water partition coefficient (Wildman–Crippen LogP) is 2.37. The monoisotopic (exact) mass is 174 g/mol. The number of hydrogen-bond acceptors (Lipinski definition) is 2. The first-order chi connectivity index (χ1) is 6.17. The molecule has 13 heavy (non-hydrogen) atoms. The van der Waals surface area contributed by atoms with Gasteiger partial charge in [0.1, 0.15) is 0 Å². The summed E-state index contributed by atoms with van der Waals surface area (Å²) in [5.41, 5.74) is 2.73. The van der Waals surface area contributed by atoms with E-state index >= 15 is 0 Å². The molecule has 1 heterocycles. The maximum atomic E-state index is 4.16. The summed E-state index contributed by atoms with van der Waals surface area (Å²) in [4.78, 5) is 4.16. The number of nitrogens with zero attached hydrogens (tertiary/aromatic N) is 1. The lowest BCUT2D eigenvalue weighted by Crippen LogP contribution is -2.18. The Hall–Kier alpha value is -1.31. The third-order valence-electron chi connectivity index (χ3n) is 2.32. The van der Waals surface area contributed by atoms with Crippen LogP contribution in [-0.2, 0) is 0 Å². The molecule has 68 valence electrons. The zero-order valence-electron chi connectivity index (χ0n) is 8.04. The second-order valence-electron chi connectivity index (χ2n) is 4.18. The van der Waals surface area contributed by atoms with Crippen molar-refractivity contribution in [2.45, 2.75) is 20.3 Å². The van der Waals surface area contributed by atoms with Crippen LogP contribution in [0.5, 0.6) is 0 Å².